The molecule has 0 fully saturated rings. The van der Waals surface area contributed by atoms with E-state index in [1.165, 1.54) is 0 Å². The van der Waals surface area contributed by atoms with Gasteiger partial charge >= 0.3 is 0 Å². The van der Waals surface area contributed by atoms with Gasteiger partial charge in [-0.1, -0.05) is 6.92 Å². The molecule has 2 N–H and O–H groups in total. The predicted octanol–water partition coefficient (Wildman–Crippen LogP) is 0.601. The SMILES string of the molecule is CCC(CO)(CO)N=C(C)C. The lowest BCUT2D eigenvalue weighted by Gasteiger charge is -2.23. The van der Waals surface area contributed by atoms with Crippen molar-refractivity contribution in [2.75, 3.05) is 13.2 Å². The van der Waals surface area contributed by atoms with E-state index in [-0.39, 0.29) is 13.2 Å². The molecule has 0 spiro atoms. The Morgan fingerprint density at radius 1 is 1.27 bits per heavy atom. The van der Waals surface area contributed by atoms with Crippen molar-refractivity contribution >= 4 is 5.71 Å². The molecular formula is C8H17NO2. The van der Waals surface area contributed by atoms with Crippen molar-refractivity contribution in [3.8, 4) is 0 Å². The lowest BCUT2D eigenvalue weighted by Crippen LogP contribution is -2.35. The summed E-state index contributed by atoms with van der Waals surface area (Å²) in [5.74, 6) is 0. The summed E-state index contributed by atoms with van der Waals surface area (Å²) < 4.78 is 0. The zero-order valence-corrected chi connectivity index (χ0v) is 7.46. The van der Waals surface area contributed by atoms with Crippen molar-refractivity contribution in [1.82, 2.24) is 0 Å². The molecular weight excluding hydrogens is 142 g/mol. The van der Waals surface area contributed by atoms with Crippen LogP contribution in [0.1, 0.15) is 27.2 Å². The molecule has 3 nitrogen and oxygen atoms in total. The largest absolute Gasteiger partial charge is 0.394 e. The zero-order valence-electron chi connectivity index (χ0n) is 7.46. The Morgan fingerprint density at radius 3 is 1.82 bits per heavy atom. The minimum Gasteiger partial charge on any atom is -0.394 e. The predicted molar refractivity (Wildman–Crippen MR) is 46.0 cm³/mol. The van der Waals surface area contributed by atoms with Gasteiger partial charge in [-0.15, -0.1) is 0 Å². The minimum absolute atomic E-state index is 0.0921. The fraction of sp³-hybridized carbons (Fsp3) is 0.875. The van der Waals surface area contributed by atoms with Gasteiger partial charge in [-0.25, -0.2) is 0 Å². The van der Waals surface area contributed by atoms with Gasteiger partial charge in [-0.3, -0.25) is 4.99 Å². The number of aliphatic hydroxyl groups is 2. The number of nitrogens with zero attached hydrogens (tertiary/aromatic N) is 1. The average Bonchev–Trinajstić information content (AvgIpc) is 2.00. The maximum absolute atomic E-state index is 8.96. The van der Waals surface area contributed by atoms with Crippen molar-refractivity contribution in [3.63, 3.8) is 0 Å². The highest BCUT2D eigenvalue weighted by molar-refractivity contribution is 5.79. The van der Waals surface area contributed by atoms with E-state index in [1.807, 2.05) is 20.8 Å². The lowest BCUT2D eigenvalue weighted by atomic mass is 9.99. The highest BCUT2D eigenvalue weighted by Gasteiger charge is 2.24. The molecule has 0 saturated carbocycles. The summed E-state index contributed by atoms with van der Waals surface area (Å²) in [6, 6.07) is 0. The lowest BCUT2D eigenvalue weighted by molar-refractivity contribution is 0.120. The van der Waals surface area contributed by atoms with E-state index in [0.29, 0.717) is 6.42 Å². The van der Waals surface area contributed by atoms with Crippen LogP contribution in [0.3, 0.4) is 0 Å². The van der Waals surface area contributed by atoms with Gasteiger partial charge in [-0.05, 0) is 20.3 Å². The van der Waals surface area contributed by atoms with Crippen molar-refractivity contribution in [2.24, 2.45) is 4.99 Å². The second-order valence-electron chi connectivity index (χ2n) is 2.95. The van der Waals surface area contributed by atoms with E-state index < -0.39 is 5.54 Å². The molecule has 0 heterocycles. The van der Waals surface area contributed by atoms with E-state index in [0.717, 1.165) is 5.71 Å². The quantitative estimate of drug-likeness (QED) is 0.590. The first kappa shape index (κ1) is 10.6. The Kier molecular flexibility index (Phi) is 4.30. The average molecular weight is 159 g/mol. The molecule has 0 aromatic carbocycles. The molecule has 0 rings (SSSR count). The molecule has 0 aliphatic carbocycles. The smallest absolute Gasteiger partial charge is 0.106 e. The molecule has 0 aromatic rings. The Bertz CT molecular complexity index is 127. The Labute approximate surface area is 67.8 Å². The number of hydrogen-bond donors (Lipinski definition) is 2. The normalized spacial score (nSPS) is 11.4. The molecule has 0 aromatic heterocycles. The molecule has 3 heteroatoms. The van der Waals surface area contributed by atoms with Crippen LogP contribution in [0.5, 0.6) is 0 Å². The fourth-order valence-corrected chi connectivity index (χ4v) is 0.898. The molecule has 0 amide bonds. The number of hydrogen-bond acceptors (Lipinski definition) is 3. The Balaban J connectivity index is 4.42. The molecule has 0 aliphatic heterocycles. The van der Waals surface area contributed by atoms with Gasteiger partial charge in [0.15, 0.2) is 0 Å². The van der Waals surface area contributed by atoms with Crippen LogP contribution < -0.4 is 0 Å². The van der Waals surface area contributed by atoms with E-state index in [2.05, 4.69) is 4.99 Å². The van der Waals surface area contributed by atoms with E-state index in [1.54, 1.807) is 0 Å². The summed E-state index contributed by atoms with van der Waals surface area (Å²) in [7, 11) is 0. The molecule has 0 radical (unpaired) electrons. The van der Waals surface area contributed by atoms with Crippen LogP contribution in [-0.4, -0.2) is 34.7 Å². The first-order valence-corrected chi connectivity index (χ1v) is 3.85. The van der Waals surface area contributed by atoms with Crippen LogP contribution in [0.15, 0.2) is 4.99 Å². The molecule has 0 bridgehead atoms. The van der Waals surface area contributed by atoms with Crippen molar-refractivity contribution < 1.29 is 10.2 Å². The van der Waals surface area contributed by atoms with Crippen LogP contribution in [0.25, 0.3) is 0 Å². The van der Waals surface area contributed by atoms with Gasteiger partial charge in [0, 0.05) is 5.71 Å². The van der Waals surface area contributed by atoms with E-state index in [4.69, 9.17) is 10.2 Å². The second kappa shape index (κ2) is 4.46. The topological polar surface area (TPSA) is 52.8 Å². The minimum atomic E-state index is -0.654. The van der Waals surface area contributed by atoms with Crippen LogP contribution in [0.4, 0.5) is 0 Å². The van der Waals surface area contributed by atoms with Gasteiger partial charge < -0.3 is 10.2 Å². The number of rotatable bonds is 4. The highest BCUT2D eigenvalue weighted by Crippen LogP contribution is 2.14. The Hall–Kier alpha value is -0.410. The van der Waals surface area contributed by atoms with Crippen LogP contribution in [0, 0.1) is 0 Å². The summed E-state index contributed by atoms with van der Waals surface area (Å²) in [4.78, 5) is 4.18. The van der Waals surface area contributed by atoms with Gasteiger partial charge in [0.25, 0.3) is 0 Å². The monoisotopic (exact) mass is 159 g/mol. The first-order chi connectivity index (χ1) is 5.10. The molecule has 0 saturated heterocycles. The third kappa shape index (κ3) is 2.99. The summed E-state index contributed by atoms with van der Waals surface area (Å²) in [5, 5.41) is 17.9. The van der Waals surface area contributed by atoms with E-state index in [9.17, 15) is 0 Å². The Morgan fingerprint density at radius 2 is 1.73 bits per heavy atom. The molecule has 66 valence electrons. The van der Waals surface area contributed by atoms with Crippen molar-refractivity contribution in [2.45, 2.75) is 32.7 Å². The van der Waals surface area contributed by atoms with Crippen LogP contribution in [-0.2, 0) is 0 Å². The molecule has 0 atom stereocenters. The summed E-state index contributed by atoms with van der Waals surface area (Å²) in [5.41, 5.74) is 0.230. The van der Waals surface area contributed by atoms with Crippen molar-refractivity contribution in [3.05, 3.63) is 0 Å². The first-order valence-electron chi connectivity index (χ1n) is 3.85. The standard InChI is InChI=1S/C8H17NO2/c1-4-8(5-10,6-11)9-7(2)3/h10-11H,4-6H2,1-3H3. The third-order valence-corrected chi connectivity index (χ3v) is 1.71. The number of aliphatic hydroxyl groups excluding tert-OH is 2. The third-order valence-electron chi connectivity index (χ3n) is 1.71. The van der Waals surface area contributed by atoms with Crippen LogP contribution >= 0.6 is 0 Å². The fourth-order valence-electron chi connectivity index (χ4n) is 0.898. The van der Waals surface area contributed by atoms with Gasteiger partial charge in [0.1, 0.15) is 5.54 Å². The maximum Gasteiger partial charge on any atom is 0.106 e. The molecule has 0 aliphatic rings. The number of aliphatic imine (C=N–C) groups is 1. The van der Waals surface area contributed by atoms with Crippen LogP contribution in [0.2, 0.25) is 0 Å². The molecule has 0 unspecified atom stereocenters. The summed E-state index contributed by atoms with van der Waals surface area (Å²) in [6.45, 7) is 5.43. The van der Waals surface area contributed by atoms with E-state index >= 15 is 0 Å². The maximum atomic E-state index is 8.96. The van der Waals surface area contributed by atoms with Crippen molar-refractivity contribution in [1.29, 1.82) is 0 Å². The summed E-state index contributed by atoms with van der Waals surface area (Å²) >= 11 is 0. The van der Waals surface area contributed by atoms with Gasteiger partial charge in [0.05, 0.1) is 13.2 Å². The van der Waals surface area contributed by atoms with Gasteiger partial charge in [0.2, 0.25) is 0 Å². The van der Waals surface area contributed by atoms with Gasteiger partial charge in [-0.2, -0.15) is 0 Å². The molecule has 11 heavy (non-hydrogen) atoms. The summed E-state index contributed by atoms with van der Waals surface area (Å²) in [6.07, 6.45) is 0.658. The highest BCUT2D eigenvalue weighted by atomic mass is 16.3. The zero-order chi connectivity index (χ0) is 8.91. The second-order valence-corrected chi connectivity index (χ2v) is 2.95.